The van der Waals surface area contributed by atoms with Gasteiger partial charge >= 0.3 is 5.97 Å². The molecule has 0 unspecified atom stereocenters. The highest BCUT2D eigenvalue weighted by molar-refractivity contribution is 6.32. The Morgan fingerprint density at radius 1 is 0.632 bits per heavy atom. The van der Waals surface area contributed by atoms with E-state index < -0.39 is 261 Å². The molecule has 8 aliphatic rings. The number of amides is 7. The van der Waals surface area contributed by atoms with Gasteiger partial charge in [-0.1, -0.05) is 110 Å². The Labute approximate surface area is 726 Å². The number of phenolic OH excluding ortho intramolecular Hbond substituents is 3. The van der Waals surface area contributed by atoms with E-state index in [9.17, 15) is 65.4 Å². The van der Waals surface area contributed by atoms with Crippen LogP contribution in [0.4, 0.5) is 0 Å². The SMILES string of the molecule is CN[C@H](CC(C)C)C(=O)N[C@H]1C(=O)N[C@@H](CC(N)=O)C(=O)N[C@H]2C(=O)N[C@H]3C(=O)N[C@H](C(=O)N[C@H](C(=O)O)c4cc(O)cc(O)c4-c4cc3ccc4O)[C@H](O[C@H]3C[C@](C)(N)[C@@H](O)[C@H](C)O3)c3ccc(c(Cl)c3)Oc3cc2cc(c3O[C@@H]2O[C@H](CO)[C@@H](O)[C@H](O)[C@H]2O[C@H]2C[C@](C)(NCc3ccc(Cc4ccccc4)cc3)[C@@H](O)[C@H](C)O2)Oc2ccc(cc2Cl)[C@H]1O. The van der Waals surface area contributed by atoms with Crippen LogP contribution < -0.4 is 68.2 Å². The van der Waals surface area contributed by atoms with Gasteiger partial charge in [0.15, 0.2) is 36.2 Å². The van der Waals surface area contributed by atoms with Crippen LogP contribution in [0.15, 0.2) is 133 Å². The molecule has 0 saturated carbocycles. The number of primary amides is 1. The summed E-state index contributed by atoms with van der Waals surface area (Å²) in [7, 11) is 1.48. The molecule has 22 atom stereocenters. The fraction of sp³-hybridized carbons (Fsp3) is 0.425. The number of nitrogens with two attached hydrogens (primary N) is 2. The Morgan fingerprint density at radius 3 is 1.86 bits per heavy atom. The summed E-state index contributed by atoms with van der Waals surface area (Å²) in [6, 6.07) is 17.4. The molecular formula is C87H100Cl2N10O26. The molecular weight excluding hydrogens is 1670 g/mol. The summed E-state index contributed by atoms with van der Waals surface area (Å²) in [6.45, 7) is 9.14. The molecule has 38 heteroatoms. The van der Waals surface area contributed by atoms with E-state index in [1.807, 2.05) is 68.4 Å². The molecule has 0 spiro atoms. The molecule has 7 aromatic carbocycles. The zero-order valence-corrected chi connectivity index (χ0v) is 70.2. The molecule has 0 aliphatic carbocycles. The summed E-state index contributed by atoms with van der Waals surface area (Å²) in [4.78, 5) is 121. The molecule has 0 radical (unpaired) electrons. The van der Waals surface area contributed by atoms with Crippen molar-refractivity contribution in [3.05, 3.63) is 188 Å². The largest absolute Gasteiger partial charge is 0.508 e. The second-order valence-corrected chi connectivity index (χ2v) is 33.8. The second kappa shape index (κ2) is 38.1. The summed E-state index contributed by atoms with van der Waals surface area (Å²) >= 11 is 14.7. The number of rotatable bonds is 20. The Morgan fingerprint density at radius 2 is 1.23 bits per heavy atom. The Balaban J connectivity index is 1.01. The number of ether oxygens (including phenoxy) is 8. The number of phenols is 3. The first-order chi connectivity index (χ1) is 59.3. The van der Waals surface area contributed by atoms with Gasteiger partial charge in [-0.2, -0.15) is 0 Å². The van der Waals surface area contributed by atoms with Crippen molar-refractivity contribution in [2.75, 3.05) is 13.7 Å². The van der Waals surface area contributed by atoms with Crippen LogP contribution in [0.1, 0.15) is 142 Å². The number of carbonyl (C=O) groups is 8. The number of benzene rings is 7. The average molecular weight is 1770 g/mol. The fourth-order valence-corrected chi connectivity index (χ4v) is 16.8. The van der Waals surface area contributed by atoms with E-state index in [4.69, 9.17) is 72.6 Å². The van der Waals surface area contributed by atoms with Gasteiger partial charge in [-0.25, -0.2) is 4.79 Å². The molecule has 7 amide bonds. The van der Waals surface area contributed by atoms with Crippen molar-refractivity contribution < 1.29 is 127 Å². The molecule has 11 bridgehead atoms. The first-order valence-corrected chi connectivity index (χ1v) is 41.2. The van der Waals surface area contributed by atoms with Crippen LogP contribution in [0, 0.1) is 5.92 Å². The highest BCUT2D eigenvalue weighted by Crippen LogP contribution is 2.51. The van der Waals surface area contributed by atoms with Crippen molar-refractivity contribution in [3.8, 4) is 57.1 Å². The number of hydrogen-bond acceptors (Lipinski definition) is 28. The van der Waals surface area contributed by atoms with Gasteiger partial charge in [0.05, 0.1) is 53.5 Å². The second-order valence-electron chi connectivity index (χ2n) is 33.0. The number of carboxylic acid groups (broad SMARTS) is 1. The molecule has 22 N–H and O–H groups in total. The van der Waals surface area contributed by atoms with Crippen LogP contribution in [0.2, 0.25) is 10.0 Å². The zero-order valence-electron chi connectivity index (χ0n) is 68.7. The maximum absolute atomic E-state index is 16.6. The first kappa shape index (κ1) is 91.8. The lowest BCUT2D eigenvalue weighted by molar-refractivity contribution is -0.334. The minimum atomic E-state index is -2.39. The first-order valence-electron chi connectivity index (χ1n) is 40.4. The zero-order chi connectivity index (χ0) is 90.1. The molecule has 668 valence electrons. The van der Waals surface area contributed by atoms with E-state index in [-0.39, 0.29) is 59.2 Å². The van der Waals surface area contributed by atoms with Crippen molar-refractivity contribution in [2.45, 2.75) is 213 Å². The normalized spacial score (nSPS) is 29.7. The van der Waals surface area contributed by atoms with Gasteiger partial charge in [0, 0.05) is 53.2 Å². The summed E-state index contributed by atoms with van der Waals surface area (Å²) < 4.78 is 52.9. The number of aromatic hydroxyl groups is 3. The predicted molar refractivity (Wildman–Crippen MR) is 444 cm³/mol. The summed E-state index contributed by atoms with van der Waals surface area (Å²) in [5.74, 6) is -16.1. The number of halogens is 2. The number of fused-ring (bicyclic) bond motifs is 15. The number of nitrogens with one attached hydrogen (secondary N) is 8. The van der Waals surface area contributed by atoms with Gasteiger partial charge in [-0.3, -0.25) is 33.6 Å². The fourth-order valence-electron chi connectivity index (χ4n) is 16.3. The van der Waals surface area contributed by atoms with Crippen LogP contribution in [-0.4, -0.2) is 215 Å². The maximum atomic E-state index is 16.6. The van der Waals surface area contributed by atoms with Crippen LogP contribution in [0.5, 0.6) is 46.0 Å². The molecule has 7 aromatic rings. The highest BCUT2D eigenvalue weighted by Gasteiger charge is 2.53. The van der Waals surface area contributed by atoms with Gasteiger partial charge in [0.25, 0.3) is 0 Å². The number of carboxylic acids is 1. The van der Waals surface area contributed by atoms with Crippen molar-refractivity contribution in [1.29, 1.82) is 0 Å². The van der Waals surface area contributed by atoms with Gasteiger partial charge in [0.2, 0.25) is 53.4 Å². The third-order valence-electron chi connectivity index (χ3n) is 23.1. The van der Waals surface area contributed by atoms with E-state index in [0.717, 1.165) is 65.2 Å². The van der Waals surface area contributed by atoms with E-state index in [1.54, 1.807) is 13.8 Å². The monoisotopic (exact) mass is 1770 g/mol. The number of carbonyl (C=O) groups excluding carboxylic acids is 7. The quantitative estimate of drug-likeness (QED) is 0.0516. The van der Waals surface area contributed by atoms with E-state index in [2.05, 4.69) is 42.5 Å². The van der Waals surface area contributed by atoms with Crippen LogP contribution in [0.25, 0.3) is 11.1 Å². The van der Waals surface area contributed by atoms with Crippen molar-refractivity contribution >= 4 is 70.5 Å². The van der Waals surface area contributed by atoms with Gasteiger partial charge < -0.3 is 143 Å². The Hall–Kier alpha value is -10.9. The molecule has 36 nitrogen and oxygen atoms in total. The molecule has 3 fully saturated rings. The molecule has 3 saturated heterocycles. The van der Waals surface area contributed by atoms with Crippen LogP contribution >= 0.6 is 23.2 Å². The Bertz CT molecular complexity index is 5210. The molecule has 0 aromatic heterocycles. The summed E-state index contributed by atoms with van der Waals surface area (Å²) in [5.41, 5.74) is 10.0. The smallest absolute Gasteiger partial charge is 0.330 e. The van der Waals surface area contributed by atoms with Gasteiger partial charge in [-0.15, -0.1) is 0 Å². The lowest BCUT2D eigenvalue weighted by atomic mass is 9.84. The number of aliphatic hydroxyl groups is 6. The lowest BCUT2D eigenvalue weighted by Gasteiger charge is -2.48. The average Bonchev–Trinajstić information content (AvgIpc) is 0.756. The Kier molecular flexibility index (Phi) is 28.0. The summed E-state index contributed by atoms with van der Waals surface area (Å²) in [5, 5.41) is 138. The van der Waals surface area contributed by atoms with Crippen molar-refractivity contribution in [2.24, 2.45) is 17.4 Å². The number of hydrogen-bond donors (Lipinski definition) is 20. The van der Waals surface area contributed by atoms with Crippen LogP contribution in [0.3, 0.4) is 0 Å². The third-order valence-corrected chi connectivity index (χ3v) is 23.7. The van der Waals surface area contributed by atoms with Gasteiger partial charge in [0.1, 0.15) is 89.5 Å². The molecule has 15 rings (SSSR count). The van der Waals surface area contributed by atoms with E-state index in [0.29, 0.717) is 6.42 Å². The molecule has 8 aliphatic heterocycles. The molecule has 8 heterocycles. The van der Waals surface area contributed by atoms with E-state index >= 15 is 24.0 Å². The minimum Gasteiger partial charge on any atom is -0.508 e. The van der Waals surface area contributed by atoms with Gasteiger partial charge in [-0.05, 0) is 147 Å². The number of aliphatic hydroxyl groups excluding tert-OH is 6. The predicted octanol–water partition coefficient (Wildman–Crippen LogP) is 3.77. The number of aliphatic carboxylic acids is 1. The van der Waals surface area contributed by atoms with Crippen molar-refractivity contribution in [3.63, 3.8) is 0 Å². The topological polar surface area (TPSA) is 561 Å². The highest BCUT2D eigenvalue weighted by atomic mass is 35.5. The minimum absolute atomic E-state index is 0.117. The maximum Gasteiger partial charge on any atom is 0.330 e. The lowest BCUT2D eigenvalue weighted by Crippen LogP contribution is -2.65. The number of likely N-dealkylation sites (N-methyl/N-ethyl adjacent to an activating group) is 1. The molecule has 125 heavy (non-hydrogen) atoms. The van der Waals surface area contributed by atoms with Crippen molar-refractivity contribution in [1.82, 2.24) is 42.5 Å². The van der Waals surface area contributed by atoms with E-state index in [1.165, 1.54) is 51.2 Å². The summed E-state index contributed by atoms with van der Waals surface area (Å²) in [6.07, 6.45) is -22.1. The third kappa shape index (κ3) is 20.3. The van der Waals surface area contributed by atoms with Crippen LogP contribution in [-0.2, 0) is 75.0 Å². The standard InChI is InChI=1S/C87H100Cl2N10O26/c1-37(2)23-52(92-7)78(110)98-68-70(105)44-18-21-56(50(88)26-44)120-58-28-46-29-59(74(58)125-85-75(72(107)71(106)60(36-100)122-85)124-63-34-87(6,77(109)39(4)119-63)93-35-42-15-13-41(14-16-42)24-40-11-9-8-10-12-40)121-57-22-19-45(27-51(57)89)73(123-62-33-86(5,91)76(108)38(3)118-62)69-83(115)97-67(84(116)117)49-30-47(101)31-55(103)64(49)48-25-43(17-20-54(48)102)65(80(112)99-69)96-81(113)66(46)95-79(111)53(32-61(90)104)94-82(68)114/h8-22,25-31,37-39,52-53,60,62-63,65-73,75-77,85,92-93,100-103,105-109H,23-24,32-36,91H2,1-7H3,(H2,90,104)(H,94,114)(H,95,111)(H,96,113)(H,97,115)(H,98,110)(H,99,112)(H,116,117)/t38-,39-,52+,53-,60+,62-,63-,65+,66+,67-,68+,69-,70+,71+,72-,73+,75+,76-,77-,85-,86-,87-/m0/s1.